The highest BCUT2D eigenvalue weighted by molar-refractivity contribution is 7.15. The van der Waals surface area contributed by atoms with Crippen molar-refractivity contribution in [3.8, 4) is 0 Å². The number of nitrogens with one attached hydrogen (secondary N) is 1. The molecule has 1 saturated heterocycles. The average molecular weight is 364 g/mol. The number of carbonyl (C=O) groups is 1. The van der Waals surface area contributed by atoms with Crippen LogP contribution in [0, 0.1) is 5.82 Å². The van der Waals surface area contributed by atoms with E-state index in [1.807, 2.05) is 0 Å². The zero-order chi connectivity index (χ0) is 17.6. The van der Waals surface area contributed by atoms with E-state index in [9.17, 15) is 9.18 Å². The van der Waals surface area contributed by atoms with Gasteiger partial charge in [0.25, 0.3) is 0 Å². The molecule has 25 heavy (non-hydrogen) atoms. The molecule has 1 aliphatic heterocycles. The molecular weight excluding hydrogens is 343 g/mol. The number of methoxy groups -OCH3 is 1. The lowest BCUT2D eigenvalue weighted by Crippen LogP contribution is -2.39. The highest BCUT2D eigenvalue weighted by Crippen LogP contribution is 2.30. The molecule has 0 aliphatic carbocycles. The van der Waals surface area contributed by atoms with Crippen molar-refractivity contribution in [2.75, 3.05) is 25.5 Å². The second-order valence-corrected chi connectivity index (χ2v) is 7.08. The Kier molecular flexibility index (Phi) is 6.06. The number of anilines is 1. The van der Waals surface area contributed by atoms with E-state index in [-0.39, 0.29) is 24.3 Å². The van der Waals surface area contributed by atoms with Crippen LogP contribution in [0.2, 0.25) is 0 Å². The molecule has 1 amide bonds. The van der Waals surface area contributed by atoms with Gasteiger partial charge in [-0.1, -0.05) is 29.9 Å². The van der Waals surface area contributed by atoms with Gasteiger partial charge < -0.3 is 4.74 Å². The lowest BCUT2D eigenvalue weighted by Gasteiger charge is -2.35. The predicted octanol–water partition coefficient (Wildman–Crippen LogP) is 2.99. The molecule has 0 radical (unpaired) electrons. The van der Waals surface area contributed by atoms with E-state index in [2.05, 4.69) is 20.4 Å². The molecule has 0 spiro atoms. The van der Waals surface area contributed by atoms with Crippen LogP contribution in [0.25, 0.3) is 0 Å². The van der Waals surface area contributed by atoms with Gasteiger partial charge in [0.1, 0.15) is 17.4 Å². The molecule has 6 nitrogen and oxygen atoms in total. The van der Waals surface area contributed by atoms with Gasteiger partial charge in [-0.3, -0.25) is 15.0 Å². The standard InChI is InChI=1S/C17H21FN4O2S/c1-24-11-16-20-21-17(25-16)19-15(23)10-22-9-3-2-4-14(22)12-5-7-13(18)8-6-12/h5-8,14H,2-4,9-11H2,1H3,(H,19,21,23). The fourth-order valence-electron chi connectivity index (χ4n) is 3.07. The zero-order valence-corrected chi connectivity index (χ0v) is 14.9. The molecule has 0 saturated carbocycles. The Morgan fingerprint density at radius 3 is 2.92 bits per heavy atom. The molecule has 134 valence electrons. The van der Waals surface area contributed by atoms with Crippen molar-refractivity contribution in [2.24, 2.45) is 0 Å². The molecule has 1 aromatic heterocycles. The number of ether oxygens (including phenoxy) is 1. The highest BCUT2D eigenvalue weighted by Gasteiger charge is 2.26. The lowest BCUT2D eigenvalue weighted by molar-refractivity contribution is -0.118. The lowest BCUT2D eigenvalue weighted by atomic mass is 9.95. The first-order valence-electron chi connectivity index (χ1n) is 8.26. The maximum Gasteiger partial charge on any atom is 0.240 e. The largest absolute Gasteiger partial charge is 0.377 e. The van der Waals surface area contributed by atoms with Crippen LogP contribution < -0.4 is 5.32 Å². The normalized spacial score (nSPS) is 18.2. The van der Waals surface area contributed by atoms with Crippen LogP contribution in [0.5, 0.6) is 0 Å². The van der Waals surface area contributed by atoms with Crippen molar-refractivity contribution in [1.29, 1.82) is 0 Å². The number of halogens is 1. The minimum atomic E-state index is -0.244. The Labute approximate surface area is 150 Å². The summed E-state index contributed by atoms with van der Waals surface area (Å²) in [7, 11) is 1.59. The van der Waals surface area contributed by atoms with Gasteiger partial charge >= 0.3 is 0 Å². The molecule has 1 atom stereocenters. The number of hydrogen-bond donors (Lipinski definition) is 1. The van der Waals surface area contributed by atoms with Gasteiger partial charge in [-0.25, -0.2) is 4.39 Å². The molecule has 3 rings (SSSR count). The van der Waals surface area contributed by atoms with E-state index in [0.717, 1.165) is 36.4 Å². The third-order valence-corrected chi connectivity index (χ3v) is 5.01. The summed E-state index contributed by atoms with van der Waals surface area (Å²) < 4.78 is 18.2. The van der Waals surface area contributed by atoms with Crippen LogP contribution in [0.1, 0.15) is 35.9 Å². The van der Waals surface area contributed by atoms with Gasteiger partial charge in [-0.05, 0) is 37.1 Å². The van der Waals surface area contributed by atoms with Crippen LogP contribution in [0.4, 0.5) is 9.52 Å². The second kappa shape index (κ2) is 8.46. The summed E-state index contributed by atoms with van der Waals surface area (Å²) in [5.41, 5.74) is 1.05. The quantitative estimate of drug-likeness (QED) is 0.853. The highest BCUT2D eigenvalue weighted by atomic mass is 32.1. The van der Waals surface area contributed by atoms with E-state index >= 15 is 0 Å². The van der Waals surface area contributed by atoms with Gasteiger partial charge in [0, 0.05) is 13.2 Å². The first-order valence-corrected chi connectivity index (χ1v) is 9.08. The smallest absolute Gasteiger partial charge is 0.240 e. The summed E-state index contributed by atoms with van der Waals surface area (Å²) in [4.78, 5) is 14.5. The van der Waals surface area contributed by atoms with Gasteiger partial charge in [0.15, 0.2) is 0 Å². The summed E-state index contributed by atoms with van der Waals surface area (Å²) >= 11 is 1.31. The number of aromatic nitrogens is 2. The fourth-order valence-corrected chi connectivity index (χ4v) is 3.80. The Morgan fingerprint density at radius 1 is 1.36 bits per heavy atom. The van der Waals surface area contributed by atoms with Gasteiger partial charge in [-0.2, -0.15) is 0 Å². The number of benzene rings is 1. The van der Waals surface area contributed by atoms with Gasteiger partial charge in [0.2, 0.25) is 11.0 Å². The summed E-state index contributed by atoms with van der Waals surface area (Å²) in [6.45, 7) is 1.51. The van der Waals surface area contributed by atoms with Crippen LogP contribution in [0.15, 0.2) is 24.3 Å². The van der Waals surface area contributed by atoms with Crippen molar-refractivity contribution in [3.05, 3.63) is 40.7 Å². The summed E-state index contributed by atoms with van der Waals surface area (Å²) in [6.07, 6.45) is 3.13. The van der Waals surface area contributed by atoms with Crippen LogP contribution in [-0.4, -0.2) is 41.2 Å². The number of hydrogen-bond acceptors (Lipinski definition) is 6. The molecule has 1 aromatic carbocycles. The monoisotopic (exact) mass is 364 g/mol. The second-order valence-electron chi connectivity index (χ2n) is 6.02. The van der Waals surface area contributed by atoms with Gasteiger partial charge in [0.05, 0.1) is 6.54 Å². The van der Waals surface area contributed by atoms with Crippen molar-refractivity contribution in [2.45, 2.75) is 31.9 Å². The van der Waals surface area contributed by atoms with Crippen molar-refractivity contribution in [1.82, 2.24) is 15.1 Å². The van der Waals surface area contributed by atoms with E-state index in [0.29, 0.717) is 11.7 Å². The molecule has 1 aliphatic rings. The topological polar surface area (TPSA) is 67.4 Å². The maximum atomic E-state index is 13.2. The number of rotatable bonds is 6. The third-order valence-electron chi connectivity index (χ3n) is 4.20. The molecule has 1 N–H and O–H groups in total. The van der Waals surface area contributed by atoms with Crippen molar-refractivity contribution >= 4 is 22.4 Å². The molecule has 1 unspecified atom stereocenters. The SMILES string of the molecule is COCc1nnc(NC(=O)CN2CCCCC2c2ccc(F)cc2)s1. The Morgan fingerprint density at radius 2 is 2.16 bits per heavy atom. The van der Waals surface area contributed by atoms with E-state index in [1.165, 1.54) is 23.5 Å². The van der Waals surface area contributed by atoms with Crippen LogP contribution in [0.3, 0.4) is 0 Å². The Bertz CT molecular complexity index is 707. The third kappa shape index (κ3) is 4.81. The van der Waals surface area contributed by atoms with E-state index < -0.39 is 0 Å². The maximum absolute atomic E-state index is 13.2. The fraction of sp³-hybridized carbons (Fsp3) is 0.471. The number of nitrogens with zero attached hydrogens (tertiary/aromatic N) is 3. The summed E-state index contributed by atoms with van der Waals surface area (Å²) in [5.74, 6) is -0.360. The summed E-state index contributed by atoms with van der Waals surface area (Å²) in [6, 6.07) is 6.69. The van der Waals surface area contributed by atoms with Crippen LogP contribution in [-0.2, 0) is 16.1 Å². The first kappa shape index (κ1) is 17.9. The molecule has 2 heterocycles. The molecule has 0 bridgehead atoms. The molecule has 1 fully saturated rings. The van der Waals surface area contributed by atoms with Crippen LogP contribution >= 0.6 is 11.3 Å². The van der Waals surface area contributed by atoms with E-state index in [4.69, 9.17) is 4.74 Å². The Hall–Kier alpha value is -1.90. The Balaban J connectivity index is 1.62. The number of piperidine rings is 1. The molecule has 2 aromatic rings. The van der Waals surface area contributed by atoms with Crippen molar-refractivity contribution in [3.63, 3.8) is 0 Å². The minimum absolute atomic E-state index is 0.117. The number of amides is 1. The number of likely N-dealkylation sites (tertiary alicyclic amines) is 1. The molecular formula is C17H21FN4O2S. The van der Waals surface area contributed by atoms with E-state index in [1.54, 1.807) is 19.2 Å². The van der Waals surface area contributed by atoms with Crippen molar-refractivity contribution < 1.29 is 13.9 Å². The minimum Gasteiger partial charge on any atom is -0.377 e. The molecule has 8 heteroatoms. The van der Waals surface area contributed by atoms with Gasteiger partial charge in [-0.15, -0.1) is 10.2 Å². The zero-order valence-electron chi connectivity index (χ0n) is 14.1. The first-order chi connectivity index (χ1) is 12.2. The number of carbonyl (C=O) groups excluding carboxylic acids is 1. The summed E-state index contributed by atoms with van der Waals surface area (Å²) in [5, 5.41) is 11.9. The predicted molar refractivity (Wildman–Crippen MR) is 93.8 cm³/mol. The average Bonchev–Trinajstić information content (AvgIpc) is 3.03.